The predicted octanol–water partition coefficient (Wildman–Crippen LogP) is 3.83. The number of piperidine rings is 1. The average Bonchev–Trinajstić information content (AvgIpc) is 2.74. The maximum atomic E-state index is 12.8. The molecule has 0 radical (unpaired) electrons. The van der Waals surface area contributed by atoms with E-state index in [1.165, 1.54) is 30.1 Å². The highest BCUT2D eigenvalue weighted by atomic mass is 35.5. The van der Waals surface area contributed by atoms with Crippen molar-refractivity contribution in [1.29, 1.82) is 0 Å². The summed E-state index contributed by atoms with van der Waals surface area (Å²) in [5.41, 5.74) is -0.573. The van der Waals surface area contributed by atoms with Crippen molar-refractivity contribution in [3.8, 4) is 11.4 Å². The van der Waals surface area contributed by atoms with Gasteiger partial charge < -0.3 is 20.1 Å². The number of hydrogen-bond acceptors (Lipinski definition) is 5. The van der Waals surface area contributed by atoms with Crippen LogP contribution in [0.4, 0.5) is 4.79 Å². The van der Waals surface area contributed by atoms with E-state index in [2.05, 4.69) is 10.4 Å². The van der Waals surface area contributed by atoms with Gasteiger partial charge in [-0.1, -0.05) is 44.0 Å². The van der Waals surface area contributed by atoms with Gasteiger partial charge in [-0.3, -0.25) is 9.59 Å². The molecule has 1 aliphatic rings. The summed E-state index contributed by atoms with van der Waals surface area (Å²) in [7, 11) is 1.45. The number of nitrogens with zero attached hydrogens (tertiary/aromatic N) is 3. The van der Waals surface area contributed by atoms with Gasteiger partial charge in [0.25, 0.3) is 11.5 Å². The molecular weight excluding hydrogens is 471 g/mol. The van der Waals surface area contributed by atoms with Crippen molar-refractivity contribution in [3.05, 3.63) is 50.4 Å². The van der Waals surface area contributed by atoms with Gasteiger partial charge in [-0.05, 0) is 23.6 Å². The largest absolute Gasteiger partial charge is 0.488 e. The minimum atomic E-state index is -0.981. The monoisotopic (exact) mass is 496 g/mol. The Labute approximate surface area is 201 Å². The Balaban J connectivity index is 1.97. The Bertz CT molecular complexity index is 1130. The minimum absolute atomic E-state index is 0.0390. The second-order valence-corrected chi connectivity index (χ2v) is 9.72. The second kappa shape index (κ2) is 9.61. The molecule has 1 aromatic carbocycles. The van der Waals surface area contributed by atoms with Crippen LogP contribution in [0.25, 0.3) is 5.69 Å². The molecular formula is C22H26Cl2N4O5. The lowest BCUT2D eigenvalue weighted by Crippen LogP contribution is -2.53. The maximum absolute atomic E-state index is 12.8. The first-order valence-corrected chi connectivity index (χ1v) is 11.2. The number of rotatable bonds is 4. The molecule has 9 nitrogen and oxygen atoms in total. The van der Waals surface area contributed by atoms with Crippen molar-refractivity contribution in [2.45, 2.75) is 45.8 Å². The lowest BCUT2D eigenvalue weighted by molar-refractivity contribution is 0.0126. The van der Waals surface area contributed by atoms with Gasteiger partial charge in [0.2, 0.25) is 0 Å². The molecule has 2 unspecified atom stereocenters. The number of hydrogen-bond donors (Lipinski definition) is 2. The van der Waals surface area contributed by atoms with E-state index >= 15 is 0 Å². The summed E-state index contributed by atoms with van der Waals surface area (Å²) in [5, 5.41) is 16.9. The first-order chi connectivity index (χ1) is 15.4. The number of nitrogens with one attached hydrogen (secondary N) is 1. The van der Waals surface area contributed by atoms with E-state index in [1.54, 1.807) is 6.07 Å². The van der Waals surface area contributed by atoms with Gasteiger partial charge in [-0.15, -0.1) is 0 Å². The van der Waals surface area contributed by atoms with Crippen LogP contribution in [0, 0.1) is 5.41 Å². The fourth-order valence-electron chi connectivity index (χ4n) is 3.88. The number of carbonyl (C=O) groups excluding carboxylic acids is 1. The summed E-state index contributed by atoms with van der Waals surface area (Å²) in [6.07, 6.45) is -0.540. The van der Waals surface area contributed by atoms with E-state index in [0.717, 1.165) is 4.68 Å². The summed E-state index contributed by atoms with van der Waals surface area (Å²) in [6, 6.07) is 5.48. The van der Waals surface area contributed by atoms with Crippen LogP contribution in [-0.2, 0) is 0 Å². The summed E-state index contributed by atoms with van der Waals surface area (Å²) in [6.45, 7) is 6.18. The molecule has 0 aliphatic carbocycles. The number of carbonyl (C=O) groups is 2. The van der Waals surface area contributed by atoms with Crippen LogP contribution in [0.2, 0.25) is 10.0 Å². The molecule has 0 saturated carbocycles. The van der Waals surface area contributed by atoms with Crippen molar-refractivity contribution in [3.63, 3.8) is 0 Å². The molecule has 1 saturated heterocycles. The van der Waals surface area contributed by atoms with Gasteiger partial charge in [0.05, 0.1) is 21.8 Å². The Morgan fingerprint density at radius 1 is 1.21 bits per heavy atom. The smallest absolute Gasteiger partial charge is 0.407 e. The first kappa shape index (κ1) is 24.9. The molecule has 3 rings (SSSR count). The zero-order valence-electron chi connectivity index (χ0n) is 18.8. The Hall–Kier alpha value is -2.78. The van der Waals surface area contributed by atoms with E-state index in [0.29, 0.717) is 23.6 Å². The number of aromatic nitrogens is 2. The third kappa shape index (κ3) is 5.42. The normalized spacial score (nSPS) is 18.7. The first-order valence-electron chi connectivity index (χ1n) is 10.4. The van der Waals surface area contributed by atoms with Crippen molar-refractivity contribution >= 4 is 35.2 Å². The van der Waals surface area contributed by atoms with Crippen molar-refractivity contribution in [1.82, 2.24) is 20.0 Å². The standard InChI is InChI=1S/C22H26Cl2N4O5/c1-22(2,3)17-10-13(7-8-27(17)21(31)32)33-16-11-18(29)28(26-19(16)20(30)25-4)12-5-6-14(23)15(24)9-12/h5-6,9,11,13,17H,7-8,10H2,1-4H3,(H,25,30)(H,31,32). The molecule has 178 valence electrons. The summed E-state index contributed by atoms with van der Waals surface area (Å²) >= 11 is 12.0. The van der Waals surface area contributed by atoms with E-state index in [9.17, 15) is 19.5 Å². The molecule has 2 atom stereocenters. The zero-order chi connectivity index (χ0) is 24.5. The van der Waals surface area contributed by atoms with Gasteiger partial charge >= 0.3 is 6.09 Å². The minimum Gasteiger partial charge on any atom is -0.488 e. The molecule has 11 heteroatoms. The van der Waals surface area contributed by atoms with Crippen molar-refractivity contribution < 1.29 is 19.4 Å². The number of amides is 2. The van der Waals surface area contributed by atoms with Gasteiger partial charge in [0, 0.05) is 32.5 Å². The lowest BCUT2D eigenvalue weighted by atomic mass is 9.80. The number of ether oxygens (including phenoxy) is 1. The molecule has 1 aromatic heterocycles. The second-order valence-electron chi connectivity index (χ2n) is 8.91. The molecule has 1 fully saturated rings. The average molecular weight is 497 g/mol. The highest BCUT2D eigenvalue weighted by Crippen LogP contribution is 2.34. The van der Waals surface area contributed by atoms with E-state index in [1.807, 2.05) is 20.8 Å². The Kier molecular flexibility index (Phi) is 7.23. The van der Waals surface area contributed by atoms with Crippen LogP contribution in [0.5, 0.6) is 5.75 Å². The molecule has 2 aromatic rings. The molecule has 33 heavy (non-hydrogen) atoms. The van der Waals surface area contributed by atoms with Crippen molar-refractivity contribution in [2.75, 3.05) is 13.6 Å². The van der Waals surface area contributed by atoms with E-state index in [-0.39, 0.29) is 34.5 Å². The highest BCUT2D eigenvalue weighted by molar-refractivity contribution is 6.42. The molecule has 0 spiro atoms. The molecule has 2 N–H and O–H groups in total. The molecule has 2 amide bonds. The summed E-state index contributed by atoms with van der Waals surface area (Å²) < 4.78 is 7.12. The summed E-state index contributed by atoms with van der Waals surface area (Å²) in [5.74, 6) is -0.494. The molecule has 1 aliphatic heterocycles. The van der Waals surface area contributed by atoms with E-state index < -0.39 is 23.7 Å². The predicted molar refractivity (Wildman–Crippen MR) is 125 cm³/mol. The third-order valence-corrected chi connectivity index (χ3v) is 6.32. The molecule has 0 bridgehead atoms. The number of carboxylic acid groups (broad SMARTS) is 1. The van der Waals surface area contributed by atoms with Crippen LogP contribution in [0.15, 0.2) is 29.1 Å². The number of likely N-dealkylation sites (tertiary alicyclic amines) is 1. The number of halogens is 2. The van der Waals surface area contributed by atoms with Crippen LogP contribution >= 0.6 is 23.2 Å². The third-order valence-electron chi connectivity index (χ3n) is 5.58. The number of benzene rings is 1. The zero-order valence-corrected chi connectivity index (χ0v) is 20.3. The summed E-state index contributed by atoms with van der Waals surface area (Å²) in [4.78, 5) is 38.5. The van der Waals surface area contributed by atoms with Gasteiger partial charge in [-0.25, -0.2) is 4.79 Å². The van der Waals surface area contributed by atoms with E-state index in [4.69, 9.17) is 27.9 Å². The van der Waals surface area contributed by atoms with Gasteiger partial charge in [0.15, 0.2) is 11.4 Å². The SMILES string of the molecule is CNC(=O)c1nn(-c2ccc(Cl)c(Cl)c2)c(=O)cc1OC1CCN(C(=O)O)C(C(C)(C)C)C1. The fraction of sp³-hybridized carbons (Fsp3) is 0.455. The maximum Gasteiger partial charge on any atom is 0.407 e. The Morgan fingerprint density at radius 2 is 1.91 bits per heavy atom. The Morgan fingerprint density at radius 3 is 2.48 bits per heavy atom. The lowest BCUT2D eigenvalue weighted by Gasteiger charge is -2.44. The van der Waals surface area contributed by atoms with Gasteiger partial charge in [-0.2, -0.15) is 9.78 Å². The van der Waals surface area contributed by atoms with Crippen molar-refractivity contribution in [2.24, 2.45) is 5.41 Å². The van der Waals surface area contributed by atoms with Crippen LogP contribution in [0.1, 0.15) is 44.1 Å². The fourth-order valence-corrected chi connectivity index (χ4v) is 4.17. The molecule has 2 heterocycles. The highest BCUT2D eigenvalue weighted by Gasteiger charge is 2.39. The van der Waals surface area contributed by atoms with Gasteiger partial charge in [0.1, 0.15) is 6.10 Å². The van der Waals surface area contributed by atoms with Crippen LogP contribution in [0.3, 0.4) is 0 Å². The van der Waals surface area contributed by atoms with Crippen LogP contribution < -0.4 is 15.6 Å². The topological polar surface area (TPSA) is 114 Å². The van der Waals surface area contributed by atoms with Crippen LogP contribution in [-0.4, -0.2) is 57.5 Å². The quantitative estimate of drug-likeness (QED) is 0.664.